The van der Waals surface area contributed by atoms with E-state index in [-0.39, 0.29) is 24.1 Å². The van der Waals surface area contributed by atoms with Crippen LogP contribution in [0.25, 0.3) is 22.0 Å². The van der Waals surface area contributed by atoms with Crippen molar-refractivity contribution in [2.75, 3.05) is 32.8 Å². The van der Waals surface area contributed by atoms with Gasteiger partial charge in [-0.15, -0.1) is 0 Å². The van der Waals surface area contributed by atoms with E-state index in [0.29, 0.717) is 64.1 Å². The number of carbonyl (C=O) groups is 1. The van der Waals surface area contributed by atoms with E-state index in [1.165, 1.54) is 20.3 Å². The van der Waals surface area contributed by atoms with Crippen LogP contribution in [-0.2, 0) is 9.53 Å². The molecule has 0 radical (unpaired) electrons. The molecule has 4 rings (SSSR count). The number of fused-ring (bicyclic) bond motifs is 1. The molecule has 2 aromatic heterocycles. The second kappa shape index (κ2) is 12.1. The second-order valence-electron chi connectivity index (χ2n) is 8.99. The number of aromatic nitrogens is 2. The monoisotopic (exact) mass is 560 g/mol. The number of amides is 1. The Labute approximate surface area is 231 Å². The number of methoxy groups -OCH3 is 2. The van der Waals surface area contributed by atoms with Gasteiger partial charge in [-0.05, 0) is 38.5 Å². The molecule has 11 heteroatoms. The lowest BCUT2D eigenvalue weighted by Gasteiger charge is -2.32. The van der Waals surface area contributed by atoms with E-state index >= 15 is 0 Å². The van der Waals surface area contributed by atoms with Crippen LogP contribution in [0, 0.1) is 0 Å². The fraction of sp³-hybridized carbons (Fsp3) is 0.370. The van der Waals surface area contributed by atoms with Gasteiger partial charge in [-0.1, -0.05) is 29.8 Å². The lowest BCUT2D eigenvalue weighted by Crippen LogP contribution is -2.52. The van der Waals surface area contributed by atoms with Gasteiger partial charge in [0.25, 0.3) is 0 Å². The van der Waals surface area contributed by atoms with E-state index in [0.717, 1.165) is 10.8 Å². The van der Waals surface area contributed by atoms with Crippen LogP contribution in [-0.4, -0.2) is 61.5 Å². The number of ether oxygens (including phenoxy) is 4. The maximum absolute atomic E-state index is 11.9. The minimum absolute atomic E-state index is 0.133. The highest BCUT2D eigenvalue weighted by atomic mass is 35.5. The van der Waals surface area contributed by atoms with E-state index in [9.17, 15) is 4.79 Å². The number of pyridine rings is 2. The van der Waals surface area contributed by atoms with E-state index in [1.807, 2.05) is 26.0 Å². The molecule has 1 saturated heterocycles. The third-order valence-electron chi connectivity index (χ3n) is 6.06. The summed E-state index contributed by atoms with van der Waals surface area (Å²) in [5.41, 5.74) is 0.943. The number of hydrogen-bond acceptors (Lipinski definition) is 8. The number of carbonyl (C=O) groups excluding carboxylic acids is 1. The van der Waals surface area contributed by atoms with E-state index in [1.54, 1.807) is 12.3 Å². The smallest absolute Gasteiger partial charge is 0.243 e. The molecule has 1 aliphatic heterocycles. The molecule has 202 valence electrons. The van der Waals surface area contributed by atoms with Crippen molar-refractivity contribution in [3.05, 3.63) is 47.1 Å². The van der Waals surface area contributed by atoms with Gasteiger partial charge in [0.15, 0.2) is 0 Å². The van der Waals surface area contributed by atoms with Crippen LogP contribution in [0.2, 0.25) is 10.0 Å². The van der Waals surface area contributed by atoms with E-state index in [2.05, 4.69) is 22.2 Å². The minimum Gasteiger partial charge on any atom is -0.495 e. The number of halogens is 2. The van der Waals surface area contributed by atoms with Crippen LogP contribution in [0.3, 0.4) is 0 Å². The molecule has 0 bridgehead atoms. The molecule has 2 atom stereocenters. The molecule has 1 amide bonds. The van der Waals surface area contributed by atoms with Crippen molar-refractivity contribution < 1.29 is 23.7 Å². The molecular formula is C27H30Cl2N4O5. The van der Waals surface area contributed by atoms with Gasteiger partial charge in [-0.25, -0.2) is 9.97 Å². The van der Waals surface area contributed by atoms with Crippen molar-refractivity contribution >= 4 is 45.7 Å². The normalized spacial score (nSPS) is 17.2. The molecule has 0 saturated carbocycles. The first-order chi connectivity index (χ1) is 18.2. The molecule has 1 fully saturated rings. The van der Waals surface area contributed by atoms with Gasteiger partial charge in [0.1, 0.15) is 17.3 Å². The first-order valence-corrected chi connectivity index (χ1v) is 12.9. The Hall–Kier alpha value is -3.27. The maximum atomic E-state index is 11.9. The Kier molecular flexibility index (Phi) is 8.81. The highest BCUT2D eigenvalue weighted by molar-refractivity contribution is 6.41. The number of benzene rings is 1. The summed E-state index contributed by atoms with van der Waals surface area (Å²) in [6, 6.07) is 5.01. The van der Waals surface area contributed by atoms with Crippen molar-refractivity contribution in [2.45, 2.75) is 38.5 Å². The molecule has 1 aromatic carbocycles. The Bertz CT molecular complexity index is 1320. The molecular weight excluding hydrogens is 531 g/mol. The quantitative estimate of drug-likeness (QED) is 0.340. The van der Waals surface area contributed by atoms with Crippen LogP contribution >= 0.6 is 23.2 Å². The highest BCUT2D eigenvalue weighted by Crippen LogP contribution is 2.46. The molecule has 0 spiro atoms. The molecule has 1 aliphatic rings. The Morgan fingerprint density at radius 3 is 2.50 bits per heavy atom. The van der Waals surface area contributed by atoms with Gasteiger partial charge in [0.2, 0.25) is 11.8 Å². The first kappa shape index (κ1) is 27.8. The lowest BCUT2D eigenvalue weighted by atomic mass is 10.0. The Balaban J connectivity index is 1.77. The van der Waals surface area contributed by atoms with Gasteiger partial charge in [-0.2, -0.15) is 0 Å². The number of nitrogens with zero attached hydrogens (tertiary/aromatic N) is 2. The molecule has 9 nitrogen and oxygen atoms in total. The first-order valence-electron chi connectivity index (χ1n) is 12.1. The SMILES string of the molecule is C=CC(=O)N[C@H]1CCOC[C@H]1Nc1cc2c(OC(C)C)nc(-c3c(Cl)c(OC)cc(OC)c3Cl)cc2cn1. The molecule has 38 heavy (non-hydrogen) atoms. The number of rotatable bonds is 9. The largest absolute Gasteiger partial charge is 0.495 e. The zero-order chi connectivity index (χ0) is 27.4. The maximum Gasteiger partial charge on any atom is 0.243 e. The van der Waals surface area contributed by atoms with Crippen LogP contribution in [0.15, 0.2) is 37.1 Å². The predicted octanol–water partition coefficient (Wildman–Crippen LogP) is 5.28. The zero-order valence-corrected chi connectivity index (χ0v) is 23.2. The highest BCUT2D eigenvalue weighted by Gasteiger charge is 2.27. The number of nitrogens with one attached hydrogen (secondary N) is 2. The van der Waals surface area contributed by atoms with E-state index < -0.39 is 0 Å². The standard InChI is InChI=1S/C27H30Cl2N4O5/c1-6-23(34)32-17-7-8-37-13-19(17)31-22-10-16-15(12-30-22)9-18(33-27(16)38-14(2)3)24-25(28)20(35-4)11-21(36-5)26(24)29/h6,9-12,14,17,19H,1,7-8,13H2,2-5H3,(H,30,31)(H,32,34)/t17-,19+/m0/s1. The average Bonchev–Trinajstić information content (AvgIpc) is 2.90. The Morgan fingerprint density at radius 2 is 1.87 bits per heavy atom. The molecule has 2 N–H and O–H groups in total. The van der Waals surface area contributed by atoms with Crippen LogP contribution in [0.1, 0.15) is 20.3 Å². The van der Waals surface area contributed by atoms with Gasteiger partial charge in [-0.3, -0.25) is 4.79 Å². The van der Waals surface area contributed by atoms with E-state index in [4.69, 9.17) is 47.1 Å². The fourth-order valence-electron chi connectivity index (χ4n) is 4.23. The topological polar surface area (TPSA) is 104 Å². The number of anilines is 1. The van der Waals surface area contributed by atoms with Gasteiger partial charge in [0, 0.05) is 35.2 Å². The van der Waals surface area contributed by atoms with Gasteiger partial charge >= 0.3 is 0 Å². The summed E-state index contributed by atoms with van der Waals surface area (Å²) in [5.74, 6) is 1.56. The lowest BCUT2D eigenvalue weighted by molar-refractivity contribution is -0.117. The van der Waals surface area contributed by atoms with Gasteiger partial charge < -0.3 is 29.6 Å². The average molecular weight is 561 g/mol. The summed E-state index contributed by atoms with van der Waals surface area (Å²) in [6.45, 7) is 8.35. The summed E-state index contributed by atoms with van der Waals surface area (Å²) in [6.07, 6.45) is 3.50. The number of hydrogen-bond donors (Lipinski definition) is 2. The summed E-state index contributed by atoms with van der Waals surface area (Å²) in [4.78, 5) is 21.3. The second-order valence-corrected chi connectivity index (χ2v) is 9.74. The van der Waals surface area contributed by atoms with Crippen molar-refractivity contribution in [1.29, 1.82) is 0 Å². The molecule has 0 unspecified atom stereocenters. The zero-order valence-electron chi connectivity index (χ0n) is 21.6. The third kappa shape index (κ3) is 5.90. The Morgan fingerprint density at radius 1 is 1.16 bits per heavy atom. The summed E-state index contributed by atoms with van der Waals surface area (Å²) in [5, 5.41) is 8.45. The minimum atomic E-state index is -0.231. The summed E-state index contributed by atoms with van der Waals surface area (Å²) in [7, 11) is 3.03. The third-order valence-corrected chi connectivity index (χ3v) is 6.81. The predicted molar refractivity (Wildman–Crippen MR) is 149 cm³/mol. The van der Waals surface area contributed by atoms with Crippen molar-refractivity contribution in [2.24, 2.45) is 0 Å². The van der Waals surface area contributed by atoms with Crippen LogP contribution in [0.4, 0.5) is 5.82 Å². The molecule has 3 aromatic rings. The van der Waals surface area contributed by atoms with Crippen molar-refractivity contribution in [3.8, 4) is 28.6 Å². The van der Waals surface area contributed by atoms with Gasteiger partial charge in [0.05, 0.1) is 54.8 Å². The summed E-state index contributed by atoms with van der Waals surface area (Å²) >= 11 is 13.3. The fourth-order valence-corrected chi connectivity index (χ4v) is 4.92. The van der Waals surface area contributed by atoms with Crippen LogP contribution < -0.4 is 24.8 Å². The van der Waals surface area contributed by atoms with Crippen LogP contribution in [0.5, 0.6) is 17.4 Å². The van der Waals surface area contributed by atoms with Crippen molar-refractivity contribution in [1.82, 2.24) is 15.3 Å². The summed E-state index contributed by atoms with van der Waals surface area (Å²) < 4.78 is 22.6. The van der Waals surface area contributed by atoms with Crippen molar-refractivity contribution in [3.63, 3.8) is 0 Å². The molecule has 0 aliphatic carbocycles. The molecule has 3 heterocycles.